The molecule has 0 spiro atoms. The van der Waals surface area contributed by atoms with Crippen molar-refractivity contribution in [3.8, 4) is 5.75 Å². The zero-order valence-corrected chi connectivity index (χ0v) is 7.17. The lowest BCUT2D eigenvalue weighted by Gasteiger charge is -2.09. The summed E-state index contributed by atoms with van der Waals surface area (Å²) < 4.78 is 11.6. The van der Waals surface area contributed by atoms with Crippen LogP contribution in [0, 0.1) is 0 Å². The molecule has 12 heavy (non-hydrogen) atoms. The van der Waals surface area contributed by atoms with E-state index in [9.17, 15) is 4.53 Å². The lowest BCUT2D eigenvalue weighted by molar-refractivity contribution is -0.00622. The Morgan fingerprint density at radius 2 is 1.92 bits per heavy atom. The van der Waals surface area contributed by atoms with Gasteiger partial charge in [0.05, 0.1) is 0 Å². The molecule has 1 atom stereocenters. The van der Waals surface area contributed by atoms with Gasteiger partial charge in [-0.2, -0.15) is 0 Å². The average Bonchev–Trinajstić information content (AvgIpc) is 2.17. The zero-order chi connectivity index (χ0) is 8.97. The van der Waals surface area contributed by atoms with E-state index in [1.807, 2.05) is 26.1 Å². The molecule has 0 fully saturated rings. The fourth-order valence-corrected chi connectivity index (χ4v) is 0.975. The van der Waals surface area contributed by atoms with Gasteiger partial charge in [-0.25, -0.2) is 0 Å². The largest absolute Gasteiger partial charge is 0.313 e. The predicted molar refractivity (Wildman–Crippen MR) is 45.7 cm³/mol. The third-order valence-electron chi connectivity index (χ3n) is 1.90. The molecule has 3 heteroatoms. The Bertz CT molecular complexity index is 235. The molecule has 0 aliphatic heterocycles. The van der Waals surface area contributed by atoms with Gasteiger partial charge in [0, 0.05) is 10.6 Å². The van der Waals surface area contributed by atoms with E-state index in [1.54, 1.807) is 12.1 Å². The van der Waals surface area contributed by atoms with Crippen LogP contribution in [0.5, 0.6) is 5.75 Å². The Kier molecular flexibility index (Phi) is 3.05. The van der Waals surface area contributed by atoms with Gasteiger partial charge in [0.15, 0.2) is 5.75 Å². The summed E-state index contributed by atoms with van der Waals surface area (Å²) in [6.07, 6.45) is 0. The second-order valence-corrected chi connectivity index (χ2v) is 2.66. The van der Waals surface area contributed by atoms with Crippen LogP contribution in [0.2, 0.25) is 0 Å². The summed E-state index contributed by atoms with van der Waals surface area (Å²) in [5, 5.41) is 3.08. The number of halogens is 1. The smallest absolute Gasteiger partial charge is 0.171 e. The summed E-state index contributed by atoms with van der Waals surface area (Å²) >= 11 is 0. The molecule has 0 saturated carbocycles. The predicted octanol–water partition coefficient (Wildman–Crippen LogP) is 2.23. The maximum absolute atomic E-state index is 11.6. The molecule has 1 rings (SSSR count). The second kappa shape index (κ2) is 4.07. The molecule has 1 aromatic rings. The lowest BCUT2D eigenvalue weighted by atomic mass is 10.1. The molecule has 66 valence electrons. The molecule has 0 aliphatic rings. The van der Waals surface area contributed by atoms with Crippen molar-refractivity contribution in [1.29, 1.82) is 0 Å². The summed E-state index contributed by atoms with van der Waals surface area (Å²) in [4.78, 5) is 3.56. The number of nitrogens with one attached hydrogen (secondary N) is 1. The van der Waals surface area contributed by atoms with Gasteiger partial charge < -0.3 is 5.32 Å². The van der Waals surface area contributed by atoms with E-state index >= 15 is 0 Å². The maximum Gasteiger partial charge on any atom is 0.171 e. The standard InChI is InChI=1S/C9H12FNO/c1-7(11-2)8-3-5-9(12-10)6-4-8/h3-7,11H,1-2H3. The minimum atomic E-state index is 0.238. The minimum Gasteiger partial charge on any atom is -0.313 e. The fourth-order valence-electron chi connectivity index (χ4n) is 0.975. The summed E-state index contributed by atoms with van der Waals surface area (Å²) in [6, 6.07) is 7.14. The van der Waals surface area contributed by atoms with E-state index in [2.05, 4.69) is 10.3 Å². The molecular formula is C9H12FNO. The highest BCUT2D eigenvalue weighted by Gasteiger charge is 2.01. The molecule has 0 bridgehead atoms. The number of hydrogen-bond donors (Lipinski definition) is 1. The summed E-state index contributed by atoms with van der Waals surface area (Å²) in [6.45, 7) is 2.03. The van der Waals surface area contributed by atoms with Gasteiger partial charge in [0.1, 0.15) is 0 Å². The molecule has 0 aliphatic carbocycles. The molecule has 1 unspecified atom stereocenters. The van der Waals surface area contributed by atoms with Crippen LogP contribution in [0.25, 0.3) is 0 Å². The molecule has 1 aromatic carbocycles. The van der Waals surface area contributed by atoms with Crippen molar-refractivity contribution in [3.63, 3.8) is 0 Å². The van der Waals surface area contributed by atoms with E-state index in [-0.39, 0.29) is 11.8 Å². The molecule has 2 nitrogen and oxygen atoms in total. The third kappa shape index (κ3) is 1.95. The van der Waals surface area contributed by atoms with Crippen LogP contribution in [0.1, 0.15) is 18.5 Å². The first-order valence-electron chi connectivity index (χ1n) is 3.83. The van der Waals surface area contributed by atoms with Crippen molar-refractivity contribution in [2.75, 3.05) is 7.05 Å². The van der Waals surface area contributed by atoms with Gasteiger partial charge in [0.25, 0.3) is 0 Å². The summed E-state index contributed by atoms with van der Waals surface area (Å²) in [5.41, 5.74) is 1.11. The summed E-state index contributed by atoms with van der Waals surface area (Å²) in [5.74, 6) is 0.238. The van der Waals surface area contributed by atoms with Crippen LogP contribution in [-0.4, -0.2) is 7.05 Å². The molecular weight excluding hydrogens is 157 g/mol. The van der Waals surface area contributed by atoms with Crippen LogP contribution in [-0.2, 0) is 0 Å². The SMILES string of the molecule is CNC(C)c1ccc(OF)cc1. The van der Waals surface area contributed by atoms with Crippen molar-refractivity contribution < 1.29 is 9.47 Å². The van der Waals surface area contributed by atoms with E-state index < -0.39 is 0 Å². The van der Waals surface area contributed by atoms with Gasteiger partial charge >= 0.3 is 0 Å². The first-order valence-corrected chi connectivity index (χ1v) is 3.83. The molecule has 0 heterocycles. The molecule has 1 N–H and O–H groups in total. The first kappa shape index (κ1) is 9.00. The van der Waals surface area contributed by atoms with Crippen molar-refractivity contribution in [3.05, 3.63) is 29.8 Å². The van der Waals surface area contributed by atoms with Crippen molar-refractivity contribution in [1.82, 2.24) is 5.32 Å². The highest BCUT2D eigenvalue weighted by Crippen LogP contribution is 2.16. The zero-order valence-electron chi connectivity index (χ0n) is 7.17. The monoisotopic (exact) mass is 169 g/mol. The van der Waals surface area contributed by atoms with Gasteiger partial charge in [-0.15, -0.1) is 0 Å². The quantitative estimate of drug-likeness (QED) is 0.749. The van der Waals surface area contributed by atoms with Crippen molar-refractivity contribution in [2.24, 2.45) is 0 Å². The normalized spacial score (nSPS) is 12.6. The van der Waals surface area contributed by atoms with Crippen LogP contribution in [0.3, 0.4) is 0 Å². The lowest BCUT2D eigenvalue weighted by Crippen LogP contribution is -2.11. The van der Waals surface area contributed by atoms with E-state index in [0.717, 1.165) is 5.56 Å². The van der Waals surface area contributed by atoms with E-state index in [4.69, 9.17) is 0 Å². The number of rotatable bonds is 3. The fraction of sp³-hybridized carbons (Fsp3) is 0.333. The molecule has 0 saturated heterocycles. The first-order chi connectivity index (χ1) is 5.77. The van der Waals surface area contributed by atoms with Crippen molar-refractivity contribution >= 4 is 0 Å². The van der Waals surface area contributed by atoms with Gasteiger partial charge in [-0.1, -0.05) is 12.1 Å². The second-order valence-electron chi connectivity index (χ2n) is 2.66. The van der Waals surface area contributed by atoms with Crippen LogP contribution in [0.15, 0.2) is 24.3 Å². The maximum atomic E-state index is 11.6. The van der Waals surface area contributed by atoms with Gasteiger partial charge in [-0.3, -0.25) is 4.94 Å². The minimum absolute atomic E-state index is 0.238. The highest BCUT2D eigenvalue weighted by atomic mass is 19.3. The Hall–Kier alpha value is -1.09. The number of benzene rings is 1. The van der Waals surface area contributed by atoms with Crippen LogP contribution < -0.4 is 10.3 Å². The van der Waals surface area contributed by atoms with E-state index in [1.165, 1.54) is 0 Å². The van der Waals surface area contributed by atoms with Gasteiger partial charge in [0.2, 0.25) is 0 Å². The van der Waals surface area contributed by atoms with Crippen molar-refractivity contribution in [2.45, 2.75) is 13.0 Å². The van der Waals surface area contributed by atoms with Crippen LogP contribution in [0.4, 0.5) is 4.53 Å². The molecule has 0 radical (unpaired) electrons. The third-order valence-corrected chi connectivity index (χ3v) is 1.90. The Labute approximate surface area is 71.3 Å². The number of hydrogen-bond acceptors (Lipinski definition) is 2. The topological polar surface area (TPSA) is 21.3 Å². The Balaban J connectivity index is 2.77. The average molecular weight is 169 g/mol. The Morgan fingerprint density at radius 1 is 1.33 bits per heavy atom. The van der Waals surface area contributed by atoms with E-state index in [0.29, 0.717) is 0 Å². The Morgan fingerprint density at radius 3 is 2.33 bits per heavy atom. The highest BCUT2D eigenvalue weighted by molar-refractivity contribution is 5.28. The van der Waals surface area contributed by atoms with Crippen LogP contribution >= 0.6 is 0 Å². The molecule has 0 aromatic heterocycles. The van der Waals surface area contributed by atoms with Gasteiger partial charge in [-0.05, 0) is 31.7 Å². The summed E-state index contributed by atoms with van der Waals surface area (Å²) in [7, 11) is 1.88. The molecule has 0 amide bonds.